The van der Waals surface area contributed by atoms with Crippen molar-refractivity contribution in [3.8, 4) is 11.1 Å². The molecule has 158 valence electrons. The number of rotatable bonds is 5. The zero-order chi connectivity index (χ0) is 22.5. The highest BCUT2D eigenvalue weighted by molar-refractivity contribution is 6.16. The third-order valence-electron chi connectivity index (χ3n) is 5.14. The van der Waals surface area contributed by atoms with E-state index in [1.807, 2.05) is 91.0 Å². The molecule has 0 fully saturated rings. The number of aromatic nitrogens is 1. The minimum Gasteiger partial charge on any atom is -0.322 e. The molecule has 5 nitrogen and oxygen atoms in total. The molecule has 0 bridgehead atoms. The average molecular weight is 422 g/mol. The molecule has 1 aromatic heterocycles. The first-order valence-corrected chi connectivity index (χ1v) is 10.3. The SMILES string of the molecule is Cc1nc(C)c(C(=O)Nc2ccccc2)c(-c2ccccc2)c1C(=O)Nc1ccccc1. The molecule has 0 radical (unpaired) electrons. The quantitative estimate of drug-likeness (QED) is 0.423. The summed E-state index contributed by atoms with van der Waals surface area (Å²) in [5, 5.41) is 5.87. The molecule has 5 heteroatoms. The molecule has 2 N–H and O–H groups in total. The molecular formula is C27H23N3O2. The number of carbonyl (C=O) groups is 2. The van der Waals surface area contributed by atoms with Crippen LogP contribution in [0.1, 0.15) is 32.1 Å². The number of carbonyl (C=O) groups excluding carboxylic acids is 2. The number of benzene rings is 3. The van der Waals surface area contributed by atoms with E-state index < -0.39 is 0 Å². The summed E-state index contributed by atoms with van der Waals surface area (Å²) < 4.78 is 0. The number of amides is 2. The maximum Gasteiger partial charge on any atom is 0.258 e. The molecule has 0 atom stereocenters. The Balaban J connectivity index is 1.87. The second-order valence-corrected chi connectivity index (χ2v) is 7.41. The van der Waals surface area contributed by atoms with Crippen molar-refractivity contribution < 1.29 is 9.59 Å². The van der Waals surface area contributed by atoms with Gasteiger partial charge in [-0.2, -0.15) is 0 Å². The summed E-state index contributed by atoms with van der Waals surface area (Å²) in [7, 11) is 0. The van der Waals surface area contributed by atoms with Crippen molar-refractivity contribution in [2.45, 2.75) is 13.8 Å². The zero-order valence-electron chi connectivity index (χ0n) is 17.9. The third kappa shape index (κ3) is 4.42. The van der Waals surface area contributed by atoms with Crippen LogP contribution >= 0.6 is 0 Å². The molecule has 0 unspecified atom stereocenters. The van der Waals surface area contributed by atoms with Gasteiger partial charge in [-0.15, -0.1) is 0 Å². The normalized spacial score (nSPS) is 10.4. The second kappa shape index (κ2) is 9.27. The van der Waals surface area contributed by atoms with Crippen molar-refractivity contribution in [2.75, 3.05) is 10.6 Å². The lowest BCUT2D eigenvalue weighted by Gasteiger charge is -2.19. The maximum absolute atomic E-state index is 13.4. The van der Waals surface area contributed by atoms with Crippen LogP contribution in [0, 0.1) is 13.8 Å². The molecule has 4 rings (SSSR count). The fourth-order valence-corrected chi connectivity index (χ4v) is 3.73. The smallest absolute Gasteiger partial charge is 0.258 e. The molecule has 32 heavy (non-hydrogen) atoms. The van der Waals surface area contributed by atoms with Crippen molar-refractivity contribution in [1.29, 1.82) is 0 Å². The maximum atomic E-state index is 13.4. The Bertz CT molecular complexity index is 1180. The molecule has 0 saturated carbocycles. The third-order valence-corrected chi connectivity index (χ3v) is 5.14. The largest absolute Gasteiger partial charge is 0.322 e. The number of anilines is 2. The predicted molar refractivity (Wildman–Crippen MR) is 128 cm³/mol. The van der Waals surface area contributed by atoms with Gasteiger partial charge in [0.25, 0.3) is 11.8 Å². The van der Waals surface area contributed by atoms with Crippen molar-refractivity contribution >= 4 is 23.2 Å². The predicted octanol–water partition coefficient (Wildman–Crippen LogP) is 5.87. The second-order valence-electron chi connectivity index (χ2n) is 7.41. The lowest BCUT2D eigenvalue weighted by Crippen LogP contribution is -2.22. The van der Waals surface area contributed by atoms with Gasteiger partial charge < -0.3 is 10.6 Å². The monoisotopic (exact) mass is 421 g/mol. The van der Waals surface area contributed by atoms with Gasteiger partial charge in [-0.25, -0.2) is 0 Å². The molecule has 0 saturated heterocycles. The van der Waals surface area contributed by atoms with Crippen LogP contribution < -0.4 is 10.6 Å². The minimum atomic E-state index is -0.311. The van der Waals surface area contributed by atoms with E-state index in [2.05, 4.69) is 15.6 Å². The zero-order valence-corrected chi connectivity index (χ0v) is 17.9. The van der Waals surface area contributed by atoms with Gasteiger partial charge in [0.2, 0.25) is 0 Å². The van der Waals surface area contributed by atoms with Gasteiger partial charge in [-0.1, -0.05) is 66.7 Å². The van der Waals surface area contributed by atoms with Crippen molar-refractivity contribution in [3.63, 3.8) is 0 Å². The summed E-state index contributed by atoms with van der Waals surface area (Å²) >= 11 is 0. The molecule has 0 spiro atoms. The van der Waals surface area contributed by atoms with Crippen LogP contribution in [0.5, 0.6) is 0 Å². The van der Waals surface area contributed by atoms with Crippen LogP contribution in [0.4, 0.5) is 11.4 Å². The standard InChI is InChI=1S/C27H23N3O2/c1-18-23(26(31)29-21-14-8-4-9-15-21)25(20-12-6-3-7-13-20)24(19(2)28-18)27(32)30-22-16-10-5-11-17-22/h3-17H,1-2H3,(H,29,31)(H,30,32). The summed E-state index contributed by atoms with van der Waals surface area (Å²) in [4.78, 5) is 31.3. The Hall–Kier alpha value is -4.25. The van der Waals surface area contributed by atoms with Crippen LogP contribution in [0.25, 0.3) is 11.1 Å². The van der Waals surface area contributed by atoms with E-state index in [0.717, 1.165) is 5.56 Å². The van der Waals surface area contributed by atoms with Gasteiger partial charge >= 0.3 is 0 Å². The molecule has 1 heterocycles. The first kappa shape index (κ1) is 21.0. The highest BCUT2D eigenvalue weighted by Crippen LogP contribution is 2.32. The van der Waals surface area contributed by atoms with E-state index in [-0.39, 0.29) is 11.8 Å². The van der Waals surface area contributed by atoms with Crippen LogP contribution in [-0.4, -0.2) is 16.8 Å². The van der Waals surface area contributed by atoms with E-state index >= 15 is 0 Å². The summed E-state index contributed by atoms with van der Waals surface area (Å²) in [5.74, 6) is -0.623. The fourth-order valence-electron chi connectivity index (χ4n) is 3.73. The van der Waals surface area contributed by atoms with Crippen molar-refractivity contribution in [1.82, 2.24) is 4.98 Å². The number of nitrogens with one attached hydrogen (secondary N) is 2. The lowest BCUT2D eigenvalue weighted by molar-refractivity contribution is 0.102. The molecule has 0 aliphatic rings. The molecule has 4 aromatic rings. The Morgan fingerprint density at radius 1 is 0.594 bits per heavy atom. The number of nitrogens with zero attached hydrogens (tertiary/aromatic N) is 1. The fraction of sp³-hybridized carbons (Fsp3) is 0.0741. The minimum absolute atomic E-state index is 0.311. The van der Waals surface area contributed by atoms with Gasteiger partial charge in [-0.3, -0.25) is 14.6 Å². The summed E-state index contributed by atoms with van der Waals surface area (Å²) in [6.45, 7) is 3.58. The molecular weight excluding hydrogens is 398 g/mol. The van der Waals surface area contributed by atoms with Gasteiger partial charge in [0.15, 0.2) is 0 Å². The Kier molecular flexibility index (Phi) is 6.08. The Labute approximate surface area is 187 Å². The first-order chi connectivity index (χ1) is 15.5. The number of hydrogen-bond donors (Lipinski definition) is 2. The van der Waals surface area contributed by atoms with E-state index in [9.17, 15) is 9.59 Å². The van der Waals surface area contributed by atoms with Gasteiger partial charge in [0, 0.05) is 16.9 Å². The topological polar surface area (TPSA) is 71.1 Å². The van der Waals surface area contributed by atoms with E-state index in [0.29, 0.717) is 39.5 Å². The van der Waals surface area contributed by atoms with E-state index in [1.165, 1.54) is 0 Å². The molecule has 0 aliphatic heterocycles. The number of aryl methyl sites for hydroxylation is 2. The van der Waals surface area contributed by atoms with Crippen LogP contribution in [0.2, 0.25) is 0 Å². The van der Waals surface area contributed by atoms with E-state index in [1.54, 1.807) is 13.8 Å². The highest BCUT2D eigenvalue weighted by Gasteiger charge is 2.26. The molecule has 3 aromatic carbocycles. The van der Waals surface area contributed by atoms with Crippen LogP contribution in [0.15, 0.2) is 91.0 Å². The molecule has 0 aliphatic carbocycles. The molecule has 2 amide bonds. The number of hydrogen-bond acceptors (Lipinski definition) is 3. The van der Waals surface area contributed by atoms with Gasteiger partial charge in [-0.05, 0) is 43.7 Å². The van der Waals surface area contributed by atoms with Crippen LogP contribution in [0.3, 0.4) is 0 Å². The lowest BCUT2D eigenvalue weighted by atomic mass is 9.91. The van der Waals surface area contributed by atoms with Crippen molar-refractivity contribution in [2.24, 2.45) is 0 Å². The van der Waals surface area contributed by atoms with Gasteiger partial charge in [0.1, 0.15) is 0 Å². The van der Waals surface area contributed by atoms with E-state index in [4.69, 9.17) is 0 Å². The highest BCUT2D eigenvalue weighted by atomic mass is 16.2. The number of para-hydroxylation sites is 2. The van der Waals surface area contributed by atoms with Crippen molar-refractivity contribution in [3.05, 3.63) is 114 Å². The average Bonchev–Trinajstić information content (AvgIpc) is 2.80. The first-order valence-electron chi connectivity index (χ1n) is 10.3. The number of pyridine rings is 1. The Morgan fingerprint density at radius 3 is 1.38 bits per heavy atom. The Morgan fingerprint density at radius 2 is 0.969 bits per heavy atom. The summed E-state index contributed by atoms with van der Waals surface area (Å²) in [6, 6.07) is 27.9. The van der Waals surface area contributed by atoms with Crippen LogP contribution in [-0.2, 0) is 0 Å². The summed E-state index contributed by atoms with van der Waals surface area (Å²) in [5.41, 5.74) is 4.57. The van der Waals surface area contributed by atoms with Gasteiger partial charge in [0.05, 0.1) is 22.5 Å². The summed E-state index contributed by atoms with van der Waals surface area (Å²) in [6.07, 6.45) is 0.